The van der Waals surface area contributed by atoms with Crippen molar-refractivity contribution in [1.29, 1.82) is 0 Å². The molecule has 6 fully saturated rings. The Hall–Kier alpha value is -0.660. The zero-order valence-corrected chi connectivity index (χ0v) is 33.2. The molecule has 5 aliphatic carbocycles. The fourth-order valence-electron chi connectivity index (χ4n) is 13.8. The van der Waals surface area contributed by atoms with Gasteiger partial charge in [0.2, 0.25) is 0 Å². The summed E-state index contributed by atoms with van der Waals surface area (Å²) in [6, 6.07) is 0. The third-order valence-electron chi connectivity index (χ3n) is 17.5. The third kappa shape index (κ3) is 5.69. The molecule has 7 rings (SSSR count). The van der Waals surface area contributed by atoms with Gasteiger partial charge in [0.05, 0.1) is 24.9 Å². The standard InChI is InChI=1S/C42H70O10/c1-21-12-17-42(20-49-36-34(47)32(45)30(43)23(3)50-36)19-18-40(8)25(29(42)22(21)2)10-11-27-39(7)15-14-28(38(5,6)26(39)13-16-41(27,40)9)52-37-35(48)33(46)31(44)24(4)51-37/h10,21-24,26-37,43-48H,11-20H2,1-9H3/t21-,22+,23-,24-,26+,27-,28+,29+,30+,31+,32+,33+,34-,35-,36-,37+,39+,40-,41-,42-/m1/s1. The lowest BCUT2D eigenvalue weighted by Gasteiger charge is -2.72. The Morgan fingerprint density at radius 2 is 1.29 bits per heavy atom. The van der Waals surface area contributed by atoms with Crippen molar-refractivity contribution >= 4 is 0 Å². The molecule has 0 aromatic rings. The van der Waals surface area contributed by atoms with Gasteiger partial charge in [0, 0.05) is 5.41 Å². The average Bonchev–Trinajstić information content (AvgIpc) is 3.09. The van der Waals surface area contributed by atoms with Crippen LogP contribution in [-0.4, -0.2) is 105 Å². The van der Waals surface area contributed by atoms with E-state index in [9.17, 15) is 30.6 Å². The van der Waals surface area contributed by atoms with Crippen molar-refractivity contribution in [3.05, 3.63) is 11.6 Å². The highest BCUT2D eigenvalue weighted by Gasteiger charge is 2.69. The molecule has 0 aromatic carbocycles. The van der Waals surface area contributed by atoms with Crippen LogP contribution in [0.4, 0.5) is 0 Å². The number of aliphatic hydroxyl groups excluding tert-OH is 6. The van der Waals surface area contributed by atoms with Crippen molar-refractivity contribution in [2.75, 3.05) is 6.61 Å². The largest absolute Gasteiger partial charge is 0.388 e. The Labute approximate surface area is 311 Å². The molecule has 7 aliphatic rings. The molecular formula is C42H70O10. The van der Waals surface area contributed by atoms with Gasteiger partial charge in [0.1, 0.15) is 36.6 Å². The van der Waals surface area contributed by atoms with E-state index in [-0.39, 0.29) is 33.2 Å². The number of rotatable bonds is 5. The maximum atomic E-state index is 10.8. The lowest BCUT2D eigenvalue weighted by molar-refractivity contribution is -0.324. The summed E-state index contributed by atoms with van der Waals surface area (Å²) in [5, 5.41) is 63.2. The first-order valence-electron chi connectivity index (χ1n) is 20.6. The van der Waals surface area contributed by atoms with Gasteiger partial charge in [-0.05, 0) is 123 Å². The van der Waals surface area contributed by atoms with E-state index >= 15 is 0 Å². The van der Waals surface area contributed by atoms with Crippen molar-refractivity contribution in [1.82, 2.24) is 0 Å². The Balaban J connectivity index is 1.15. The molecule has 298 valence electrons. The highest BCUT2D eigenvalue weighted by molar-refractivity contribution is 5.34. The van der Waals surface area contributed by atoms with Crippen LogP contribution in [0.3, 0.4) is 0 Å². The number of fused-ring (bicyclic) bond motifs is 7. The fourth-order valence-corrected chi connectivity index (χ4v) is 13.8. The van der Waals surface area contributed by atoms with Crippen LogP contribution in [-0.2, 0) is 18.9 Å². The number of aliphatic hydroxyl groups is 6. The van der Waals surface area contributed by atoms with Gasteiger partial charge in [-0.1, -0.05) is 60.1 Å². The summed E-state index contributed by atoms with van der Waals surface area (Å²) in [4.78, 5) is 0. The molecule has 0 aromatic heterocycles. The maximum Gasteiger partial charge on any atom is 0.186 e. The summed E-state index contributed by atoms with van der Waals surface area (Å²) in [5.41, 5.74) is 1.58. The van der Waals surface area contributed by atoms with Gasteiger partial charge in [0.25, 0.3) is 0 Å². The molecule has 2 saturated heterocycles. The number of hydrogen-bond donors (Lipinski definition) is 6. The van der Waals surface area contributed by atoms with Gasteiger partial charge < -0.3 is 49.6 Å². The van der Waals surface area contributed by atoms with Crippen molar-refractivity contribution in [2.24, 2.45) is 56.7 Å². The first-order valence-corrected chi connectivity index (χ1v) is 20.6. The molecule has 52 heavy (non-hydrogen) atoms. The number of hydrogen-bond acceptors (Lipinski definition) is 10. The summed E-state index contributed by atoms with van der Waals surface area (Å²) in [6.07, 6.45) is 1.24. The van der Waals surface area contributed by atoms with Gasteiger partial charge in [0.15, 0.2) is 12.6 Å². The first-order chi connectivity index (χ1) is 24.2. The Kier molecular flexibility index (Phi) is 10.3. The summed E-state index contributed by atoms with van der Waals surface area (Å²) < 4.78 is 24.9. The fraction of sp³-hybridized carbons (Fsp3) is 0.952. The molecule has 10 heteroatoms. The zero-order chi connectivity index (χ0) is 37.9. The van der Waals surface area contributed by atoms with Crippen LogP contribution in [0.1, 0.15) is 120 Å². The lowest BCUT2D eigenvalue weighted by Crippen LogP contribution is -2.66. The minimum atomic E-state index is -1.31. The summed E-state index contributed by atoms with van der Waals surface area (Å²) in [7, 11) is 0. The van der Waals surface area contributed by atoms with Crippen LogP contribution in [0.2, 0.25) is 0 Å². The highest BCUT2D eigenvalue weighted by Crippen LogP contribution is 2.76. The van der Waals surface area contributed by atoms with Gasteiger partial charge in [-0.15, -0.1) is 0 Å². The number of ether oxygens (including phenoxy) is 4. The molecule has 20 atom stereocenters. The molecule has 0 unspecified atom stereocenters. The van der Waals surface area contributed by atoms with Crippen molar-refractivity contribution in [2.45, 2.75) is 188 Å². The van der Waals surface area contributed by atoms with Crippen molar-refractivity contribution in [3.63, 3.8) is 0 Å². The molecule has 10 nitrogen and oxygen atoms in total. The van der Waals surface area contributed by atoms with Crippen molar-refractivity contribution < 1.29 is 49.6 Å². The zero-order valence-electron chi connectivity index (χ0n) is 33.2. The maximum absolute atomic E-state index is 10.8. The van der Waals surface area contributed by atoms with E-state index in [0.29, 0.717) is 36.2 Å². The van der Waals surface area contributed by atoms with Crippen LogP contribution >= 0.6 is 0 Å². The van der Waals surface area contributed by atoms with E-state index in [1.807, 2.05) is 0 Å². The predicted molar refractivity (Wildman–Crippen MR) is 195 cm³/mol. The van der Waals surface area contributed by atoms with E-state index in [0.717, 1.165) is 57.8 Å². The van der Waals surface area contributed by atoms with E-state index in [2.05, 4.69) is 54.5 Å². The minimum Gasteiger partial charge on any atom is -0.388 e. The van der Waals surface area contributed by atoms with Crippen molar-refractivity contribution in [3.8, 4) is 0 Å². The average molecular weight is 735 g/mol. The van der Waals surface area contributed by atoms with Gasteiger partial charge >= 0.3 is 0 Å². The minimum absolute atomic E-state index is 0.0315. The van der Waals surface area contributed by atoms with Gasteiger partial charge in [-0.25, -0.2) is 0 Å². The van der Waals surface area contributed by atoms with Crippen LogP contribution in [0, 0.1) is 56.7 Å². The predicted octanol–water partition coefficient (Wildman–Crippen LogP) is 4.70. The third-order valence-corrected chi connectivity index (χ3v) is 17.5. The normalized spacial score (nSPS) is 57.5. The van der Waals surface area contributed by atoms with Crippen LogP contribution in [0.25, 0.3) is 0 Å². The highest BCUT2D eigenvalue weighted by atomic mass is 16.7. The Morgan fingerprint density at radius 3 is 1.94 bits per heavy atom. The molecule has 0 bridgehead atoms. The second-order valence-electron chi connectivity index (χ2n) is 20.2. The number of allylic oxidation sites excluding steroid dienone is 2. The topological polar surface area (TPSA) is 158 Å². The molecule has 0 spiro atoms. The smallest absolute Gasteiger partial charge is 0.186 e. The molecular weight excluding hydrogens is 664 g/mol. The van der Waals surface area contributed by atoms with Crippen LogP contribution < -0.4 is 0 Å². The second-order valence-corrected chi connectivity index (χ2v) is 20.2. The van der Waals surface area contributed by atoms with Gasteiger partial charge in [-0.2, -0.15) is 0 Å². The van der Waals surface area contributed by atoms with Crippen LogP contribution in [0.5, 0.6) is 0 Å². The molecule has 2 aliphatic heterocycles. The summed E-state index contributed by atoms with van der Waals surface area (Å²) >= 11 is 0. The summed E-state index contributed by atoms with van der Waals surface area (Å²) in [5.74, 6) is 2.33. The molecule has 2 heterocycles. The molecule has 0 radical (unpaired) electrons. The van der Waals surface area contributed by atoms with E-state index in [1.54, 1.807) is 19.4 Å². The SMILES string of the molecule is C[C@H]1[C@H](C)CC[C@]2(CO[C@@H]3O[C@H](C)[C@H](O)[C@H](O)[C@H]3O)CC[C@]3(C)C(=CC[C@@H]4[C@@]5(C)CC[C@H](O[C@@H]6O[C@H](C)[C@H](O)[C@H](O)[C@H]6O)C(C)(C)[C@@H]5CC[C@]43C)[C@H]12. The second kappa shape index (κ2) is 13.5. The van der Waals surface area contributed by atoms with E-state index < -0.39 is 61.4 Å². The molecule has 4 saturated carbocycles. The summed E-state index contributed by atoms with van der Waals surface area (Å²) in [6.45, 7) is 21.1. The Bertz CT molecular complexity index is 1360. The van der Waals surface area contributed by atoms with E-state index in [1.165, 1.54) is 0 Å². The van der Waals surface area contributed by atoms with E-state index in [4.69, 9.17) is 18.9 Å². The van der Waals surface area contributed by atoms with Crippen LogP contribution in [0.15, 0.2) is 11.6 Å². The quantitative estimate of drug-likeness (QED) is 0.173. The Morgan fingerprint density at radius 1 is 0.673 bits per heavy atom. The van der Waals surface area contributed by atoms with Gasteiger partial charge in [-0.3, -0.25) is 0 Å². The first kappa shape index (κ1) is 39.6. The molecule has 6 N–H and O–H groups in total. The molecule has 0 amide bonds. The monoisotopic (exact) mass is 734 g/mol. The lowest BCUT2D eigenvalue weighted by atomic mass is 9.33.